The number of phenols is 1. The summed E-state index contributed by atoms with van der Waals surface area (Å²) >= 11 is 5.71. The third-order valence-electron chi connectivity index (χ3n) is 2.95. The van der Waals surface area contributed by atoms with Crippen LogP contribution in [0.1, 0.15) is 11.1 Å². The van der Waals surface area contributed by atoms with Crippen LogP contribution in [0.2, 0.25) is 5.02 Å². The van der Waals surface area contributed by atoms with E-state index < -0.39 is 26.7 Å². The van der Waals surface area contributed by atoms with Crippen molar-refractivity contribution in [3.63, 3.8) is 0 Å². The van der Waals surface area contributed by atoms with Crippen LogP contribution in [-0.2, 0) is 16.2 Å². The SMILES string of the molecule is Cc1ccc(NS(=O)(=O)c2cc(C(F)(F)F)ccc2Cl)c(O)c1. The predicted molar refractivity (Wildman–Crippen MR) is 80.1 cm³/mol. The molecule has 2 N–H and O–H groups in total. The molecular formula is C14H11ClF3NO3S. The van der Waals surface area contributed by atoms with Crippen molar-refractivity contribution in [3.05, 3.63) is 52.5 Å². The Morgan fingerprint density at radius 2 is 1.78 bits per heavy atom. The molecule has 9 heteroatoms. The van der Waals surface area contributed by atoms with Crippen molar-refractivity contribution in [2.75, 3.05) is 4.72 Å². The van der Waals surface area contributed by atoms with Gasteiger partial charge in [0, 0.05) is 0 Å². The first-order valence-electron chi connectivity index (χ1n) is 6.20. The Hall–Kier alpha value is -1.93. The largest absolute Gasteiger partial charge is 0.506 e. The standard InChI is InChI=1S/C14H11ClF3NO3S/c1-8-2-5-11(12(20)6-8)19-23(21,22)13-7-9(14(16,17)18)3-4-10(13)15/h2-7,19-20H,1H3. The topological polar surface area (TPSA) is 66.4 Å². The lowest BCUT2D eigenvalue weighted by Gasteiger charge is -2.13. The molecule has 2 aromatic rings. The van der Waals surface area contributed by atoms with Gasteiger partial charge in [-0.05, 0) is 42.8 Å². The van der Waals surface area contributed by atoms with Crippen LogP contribution in [0.3, 0.4) is 0 Å². The minimum atomic E-state index is -4.71. The van der Waals surface area contributed by atoms with Crippen LogP contribution in [0.15, 0.2) is 41.3 Å². The molecule has 4 nitrogen and oxygen atoms in total. The number of nitrogens with one attached hydrogen (secondary N) is 1. The van der Waals surface area contributed by atoms with Crippen LogP contribution in [-0.4, -0.2) is 13.5 Å². The van der Waals surface area contributed by atoms with E-state index in [-0.39, 0.29) is 16.5 Å². The van der Waals surface area contributed by atoms with E-state index in [0.29, 0.717) is 17.7 Å². The molecule has 0 spiro atoms. The molecule has 0 bridgehead atoms. The first-order chi connectivity index (χ1) is 10.5. The Kier molecular flexibility index (Phi) is 4.50. The van der Waals surface area contributed by atoms with Gasteiger partial charge in [0.05, 0.1) is 16.3 Å². The molecule has 2 rings (SSSR count). The van der Waals surface area contributed by atoms with Gasteiger partial charge in [-0.25, -0.2) is 8.42 Å². The van der Waals surface area contributed by atoms with Crippen molar-refractivity contribution >= 4 is 27.3 Å². The van der Waals surface area contributed by atoms with Gasteiger partial charge in [-0.3, -0.25) is 4.72 Å². The lowest BCUT2D eigenvalue weighted by Crippen LogP contribution is -2.15. The number of alkyl halides is 3. The number of aryl methyl sites for hydroxylation is 1. The molecule has 2 aromatic carbocycles. The second-order valence-electron chi connectivity index (χ2n) is 4.77. The molecule has 0 amide bonds. The molecule has 0 atom stereocenters. The lowest BCUT2D eigenvalue weighted by atomic mass is 10.2. The molecule has 0 radical (unpaired) electrons. The van der Waals surface area contributed by atoms with Gasteiger partial charge in [-0.2, -0.15) is 13.2 Å². The van der Waals surface area contributed by atoms with Gasteiger partial charge in [0.2, 0.25) is 0 Å². The van der Waals surface area contributed by atoms with E-state index in [2.05, 4.69) is 0 Å². The minimum Gasteiger partial charge on any atom is -0.506 e. The van der Waals surface area contributed by atoms with Crippen LogP contribution in [0.25, 0.3) is 0 Å². The fourth-order valence-electron chi connectivity index (χ4n) is 1.81. The third-order valence-corrected chi connectivity index (χ3v) is 4.79. The summed E-state index contributed by atoms with van der Waals surface area (Å²) in [6.45, 7) is 1.68. The van der Waals surface area contributed by atoms with E-state index in [9.17, 15) is 26.7 Å². The Morgan fingerprint density at radius 3 is 2.35 bits per heavy atom. The summed E-state index contributed by atoms with van der Waals surface area (Å²) in [5.41, 5.74) is -0.623. The summed E-state index contributed by atoms with van der Waals surface area (Å²) < 4.78 is 64.7. The van der Waals surface area contributed by atoms with Gasteiger partial charge in [0.15, 0.2) is 0 Å². The molecule has 124 valence electrons. The van der Waals surface area contributed by atoms with Crippen molar-refractivity contribution in [1.82, 2.24) is 0 Å². The van der Waals surface area contributed by atoms with Crippen molar-refractivity contribution in [2.24, 2.45) is 0 Å². The van der Waals surface area contributed by atoms with Crippen LogP contribution in [0.5, 0.6) is 5.75 Å². The predicted octanol–water partition coefficient (Wildman–Crippen LogP) is 4.17. The van der Waals surface area contributed by atoms with Gasteiger partial charge in [-0.15, -0.1) is 0 Å². The average Bonchev–Trinajstić information content (AvgIpc) is 2.41. The summed E-state index contributed by atoms with van der Waals surface area (Å²) in [5.74, 6) is -0.350. The smallest absolute Gasteiger partial charge is 0.416 e. The molecule has 0 saturated heterocycles. The van der Waals surface area contributed by atoms with Crippen molar-refractivity contribution in [1.29, 1.82) is 0 Å². The number of sulfonamides is 1. The summed E-state index contributed by atoms with van der Waals surface area (Å²) in [7, 11) is -4.40. The molecule has 0 aliphatic rings. The Bertz CT molecular complexity index is 851. The maximum Gasteiger partial charge on any atom is 0.416 e. The number of hydrogen-bond donors (Lipinski definition) is 2. The molecular weight excluding hydrogens is 355 g/mol. The normalized spacial score (nSPS) is 12.2. The number of anilines is 1. The van der Waals surface area contributed by atoms with E-state index in [1.807, 2.05) is 4.72 Å². The highest BCUT2D eigenvalue weighted by Gasteiger charge is 2.32. The van der Waals surface area contributed by atoms with Crippen molar-refractivity contribution < 1.29 is 26.7 Å². The van der Waals surface area contributed by atoms with Gasteiger partial charge >= 0.3 is 6.18 Å². The highest BCUT2D eigenvalue weighted by molar-refractivity contribution is 7.92. The fourth-order valence-corrected chi connectivity index (χ4v) is 3.41. The lowest BCUT2D eigenvalue weighted by molar-refractivity contribution is -0.137. The first-order valence-corrected chi connectivity index (χ1v) is 8.06. The number of halogens is 4. The molecule has 0 heterocycles. The van der Waals surface area contributed by atoms with E-state index >= 15 is 0 Å². The molecule has 0 fully saturated rings. The molecule has 0 aromatic heterocycles. The number of phenolic OH excluding ortho intramolecular Hbond substituents is 1. The molecule has 23 heavy (non-hydrogen) atoms. The molecule has 0 aliphatic carbocycles. The summed E-state index contributed by atoms with van der Waals surface area (Å²) in [6.07, 6.45) is -4.71. The quantitative estimate of drug-likeness (QED) is 0.802. The Balaban J connectivity index is 2.47. The fraction of sp³-hybridized carbons (Fsp3) is 0.143. The summed E-state index contributed by atoms with van der Waals surface area (Å²) in [5, 5.41) is 9.35. The minimum absolute atomic E-state index is 0.163. The van der Waals surface area contributed by atoms with Gasteiger partial charge in [0.1, 0.15) is 10.6 Å². The summed E-state index contributed by atoms with van der Waals surface area (Å²) in [6, 6.07) is 6.12. The van der Waals surface area contributed by atoms with Crippen LogP contribution in [0, 0.1) is 6.92 Å². The highest BCUT2D eigenvalue weighted by atomic mass is 35.5. The van der Waals surface area contributed by atoms with Crippen LogP contribution in [0.4, 0.5) is 18.9 Å². The maximum atomic E-state index is 12.7. The van der Waals surface area contributed by atoms with Crippen LogP contribution >= 0.6 is 11.6 Å². The van der Waals surface area contributed by atoms with Gasteiger partial charge < -0.3 is 5.11 Å². The monoisotopic (exact) mass is 365 g/mol. The maximum absolute atomic E-state index is 12.7. The zero-order valence-electron chi connectivity index (χ0n) is 11.6. The number of hydrogen-bond acceptors (Lipinski definition) is 3. The zero-order chi connectivity index (χ0) is 17.4. The van der Waals surface area contributed by atoms with E-state index in [4.69, 9.17) is 11.6 Å². The van der Waals surface area contributed by atoms with E-state index in [1.54, 1.807) is 6.92 Å². The summed E-state index contributed by atoms with van der Waals surface area (Å²) in [4.78, 5) is -0.728. The van der Waals surface area contributed by atoms with E-state index in [1.165, 1.54) is 18.2 Å². The van der Waals surface area contributed by atoms with Crippen molar-refractivity contribution in [3.8, 4) is 5.75 Å². The number of benzene rings is 2. The Morgan fingerprint density at radius 1 is 1.13 bits per heavy atom. The third kappa shape index (κ3) is 3.89. The second kappa shape index (κ2) is 5.93. The van der Waals surface area contributed by atoms with E-state index in [0.717, 1.165) is 6.07 Å². The van der Waals surface area contributed by atoms with Gasteiger partial charge in [0.25, 0.3) is 10.0 Å². The van der Waals surface area contributed by atoms with Crippen molar-refractivity contribution in [2.45, 2.75) is 18.0 Å². The van der Waals surface area contributed by atoms with Crippen LogP contribution < -0.4 is 4.72 Å². The second-order valence-corrected chi connectivity index (χ2v) is 6.83. The first kappa shape index (κ1) is 17.4. The highest BCUT2D eigenvalue weighted by Crippen LogP contribution is 2.34. The number of aromatic hydroxyl groups is 1. The molecule has 0 unspecified atom stereocenters. The number of rotatable bonds is 3. The van der Waals surface area contributed by atoms with Gasteiger partial charge in [-0.1, -0.05) is 17.7 Å². The average molecular weight is 366 g/mol. The molecule has 0 saturated carbocycles. The Labute approximate surface area is 135 Å². The molecule has 0 aliphatic heterocycles. The zero-order valence-corrected chi connectivity index (χ0v) is 13.2.